The molecule has 3 rings (SSSR count). The van der Waals surface area contributed by atoms with Crippen molar-refractivity contribution in [2.24, 2.45) is 0 Å². The molecule has 6 nitrogen and oxygen atoms in total. The number of hydrogen-bond acceptors (Lipinski definition) is 5. The molecule has 0 saturated carbocycles. The number of halogens is 1. The lowest BCUT2D eigenvalue weighted by atomic mass is 10.1. The number of nitrogens with zero attached hydrogens (tertiary/aromatic N) is 3. The van der Waals surface area contributed by atoms with Crippen LogP contribution in [0.3, 0.4) is 0 Å². The number of aromatic nitrogens is 2. The summed E-state index contributed by atoms with van der Waals surface area (Å²) in [6, 6.07) is 5.12. The van der Waals surface area contributed by atoms with Crippen LogP contribution >= 0.6 is 15.9 Å². The highest BCUT2D eigenvalue weighted by molar-refractivity contribution is 9.10. The number of anilines is 1. The zero-order valence-corrected chi connectivity index (χ0v) is 12.9. The van der Waals surface area contributed by atoms with Gasteiger partial charge in [-0.25, -0.2) is 0 Å². The number of rotatable bonds is 4. The lowest BCUT2D eigenvalue weighted by molar-refractivity contribution is -0.114. The molecule has 1 aliphatic rings. The number of carbonyl (C=O) groups excluding carboxylic acids is 2. The topological polar surface area (TPSA) is 76.3 Å². The van der Waals surface area contributed by atoms with Crippen molar-refractivity contribution in [2.45, 2.75) is 26.3 Å². The highest BCUT2D eigenvalue weighted by Crippen LogP contribution is 2.32. The second-order valence-electron chi connectivity index (χ2n) is 4.74. The van der Waals surface area contributed by atoms with E-state index in [1.165, 1.54) is 4.90 Å². The second kappa shape index (κ2) is 5.40. The Bertz CT molecular complexity index is 726. The molecule has 0 bridgehead atoms. The average Bonchev–Trinajstić information content (AvgIpc) is 2.99. The largest absolute Gasteiger partial charge is 0.339 e. The SMILES string of the molecule is CCCc1nc(CN2C(=O)C(=O)c3ccc(Br)cc32)no1. The number of hydrogen-bond donors (Lipinski definition) is 0. The molecule has 0 saturated heterocycles. The summed E-state index contributed by atoms with van der Waals surface area (Å²) in [5.74, 6) is -0.132. The molecule has 0 N–H and O–H groups in total. The van der Waals surface area contributed by atoms with Crippen LogP contribution in [0.1, 0.15) is 35.4 Å². The van der Waals surface area contributed by atoms with Gasteiger partial charge in [-0.2, -0.15) is 4.98 Å². The third-order valence-corrected chi connectivity index (χ3v) is 3.70. The minimum atomic E-state index is -0.565. The van der Waals surface area contributed by atoms with E-state index in [0.29, 0.717) is 29.4 Å². The fraction of sp³-hybridized carbons (Fsp3) is 0.286. The molecule has 1 aromatic carbocycles. The van der Waals surface area contributed by atoms with E-state index in [0.717, 1.165) is 10.9 Å². The van der Waals surface area contributed by atoms with Crippen molar-refractivity contribution >= 4 is 33.3 Å². The van der Waals surface area contributed by atoms with Gasteiger partial charge in [0.15, 0.2) is 5.82 Å². The standard InChI is InChI=1S/C14H12BrN3O3/c1-2-3-12-16-11(17-21-12)7-18-10-6-8(15)4-5-9(10)13(19)14(18)20/h4-6H,2-3,7H2,1H3. The van der Waals surface area contributed by atoms with Crippen LogP contribution in [0.4, 0.5) is 5.69 Å². The number of ketones is 1. The van der Waals surface area contributed by atoms with E-state index in [1.54, 1.807) is 18.2 Å². The second-order valence-corrected chi connectivity index (χ2v) is 5.65. The van der Waals surface area contributed by atoms with Gasteiger partial charge in [-0.1, -0.05) is 28.0 Å². The van der Waals surface area contributed by atoms with Crippen LogP contribution in [0.5, 0.6) is 0 Å². The van der Waals surface area contributed by atoms with Crippen molar-refractivity contribution in [3.63, 3.8) is 0 Å². The van der Waals surface area contributed by atoms with Gasteiger partial charge in [0, 0.05) is 10.9 Å². The Hall–Kier alpha value is -2.02. The number of amides is 1. The van der Waals surface area contributed by atoms with Gasteiger partial charge < -0.3 is 4.52 Å². The lowest BCUT2D eigenvalue weighted by Crippen LogP contribution is -2.29. The van der Waals surface area contributed by atoms with E-state index < -0.39 is 11.7 Å². The van der Waals surface area contributed by atoms with Crippen LogP contribution in [0, 0.1) is 0 Å². The highest BCUT2D eigenvalue weighted by Gasteiger charge is 2.36. The predicted octanol–water partition coefficient (Wildman–Crippen LogP) is 2.51. The first-order chi connectivity index (χ1) is 10.1. The molecule has 0 aliphatic carbocycles. The van der Waals surface area contributed by atoms with Gasteiger partial charge in [0.05, 0.1) is 17.8 Å². The van der Waals surface area contributed by atoms with Crippen LogP contribution in [0.15, 0.2) is 27.2 Å². The summed E-state index contributed by atoms with van der Waals surface area (Å²) in [5, 5.41) is 3.85. The van der Waals surface area contributed by atoms with Crippen molar-refractivity contribution in [3.05, 3.63) is 40.0 Å². The fourth-order valence-electron chi connectivity index (χ4n) is 2.24. The molecule has 21 heavy (non-hydrogen) atoms. The molecule has 7 heteroatoms. The van der Waals surface area contributed by atoms with Crippen LogP contribution in [0.25, 0.3) is 0 Å². The Morgan fingerprint density at radius 1 is 1.33 bits per heavy atom. The Balaban J connectivity index is 1.90. The van der Waals surface area contributed by atoms with E-state index in [2.05, 4.69) is 26.1 Å². The quantitative estimate of drug-likeness (QED) is 0.792. The molecule has 1 aromatic heterocycles. The van der Waals surface area contributed by atoms with E-state index in [9.17, 15) is 9.59 Å². The maximum Gasteiger partial charge on any atom is 0.299 e. The van der Waals surface area contributed by atoms with Gasteiger partial charge >= 0.3 is 0 Å². The Kier molecular flexibility index (Phi) is 3.59. The molecule has 0 spiro atoms. The van der Waals surface area contributed by atoms with Crippen molar-refractivity contribution in [3.8, 4) is 0 Å². The van der Waals surface area contributed by atoms with E-state index in [-0.39, 0.29) is 6.54 Å². The molecule has 2 aromatic rings. The molecule has 1 aliphatic heterocycles. The van der Waals surface area contributed by atoms with Crippen molar-refractivity contribution in [2.75, 3.05) is 4.90 Å². The van der Waals surface area contributed by atoms with Crippen LogP contribution in [-0.2, 0) is 17.8 Å². The van der Waals surface area contributed by atoms with Gasteiger partial charge in [0.25, 0.3) is 11.7 Å². The number of benzene rings is 1. The number of aryl methyl sites for hydroxylation is 1. The van der Waals surface area contributed by atoms with Gasteiger partial charge in [-0.15, -0.1) is 0 Å². The normalized spacial score (nSPS) is 13.9. The Morgan fingerprint density at radius 2 is 2.14 bits per heavy atom. The van der Waals surface area contributed by atoms with Gasteiger partial charge in [-0.05, 0) is 24.6 Å². The summed E-state index contributed by atoms with van der Waals surface area (Å²) in [7, 11) is 0. The minimum Gasteiger partial charge on any atom is -0.339 e. The summed E-state index contributed by atoms with van der Waals surface area (Å²) >= 11 is 3.34. The minimum absolute atomic E-state index is 0.126. The average molecular weight is 350 g/mol. The first kappa shape index (κ1) is 13.9. The lowest BCUT2D eigenvalue weighted by Gasteiger charge is -2.13. The third-order valence-electron chi connectivity index (χ3n) is 3.21. The molecule has 0 fully saturated rings. The summed E-state index contributed by atoms with van der Waals surface area (Å²) in [6.45, 7) is 2.14. The number of fused-ring (bicyclic) bond motifs is 1. The molecule has 0 atom stereocenters. The van der Waals surface area contributed by atoms with E-state index >= 15 is 0 Å². The van der Waals surface area contributed by atoms with Crippen molar-refractivity contribution < 1.29 is 14.1 Å². The van der Waals surface area contributed by atoms with Crippen LogP contribution < -0.4 is 4.90 Å². The molecule has 108 valence electrons. The van der Waals surface area contributed by atoms with Crippen molar-refractivity contribution in [1.82, 2.24) is 10.1 Å². The zero-order chi connectivity index (χ0) is 15.0. The molecular weight excluding hydrogens is 338 g/mol. The van der Waals surface area contributed by atoms with E-state index in [4.69, 9.17) is 4.52 Å². The maximum atomic E-state index is 12.1. The van der Waals surface area contributed by atoms with Gasteiger partial charge in [0.2, 0.25) is 5.89 Å². The summed E-state index contributed by atoms with van der Waals surface area (Å²) < 4.78 is 5.90. The monoisotopic (exact) mass is 349 g/mol. The van der Waals surface area contributed by atoms with Crippen LogP contribution in [-0.4, -0.2) is 21.8 Å². The van der Waals surface area contributed by atoms with E-state index in [1.807, 2.05) is 6.92 Å². The molecule has 2 heterocycles. The number of Topliss-reactive ketones (excluding diaryl/α,β-unsaturated/α-hetero) is 1. The van der Waals surface area contributed by atoms with Crippen LogP contribution in [0.2, 0.25) is 0 Å². The highest BCUT2D eigenvalue weighted by atomic mass is 79.9. The maximum absolute atomic E-state index is 12.1. The fourth-order valence-corrected chi connectivity index (χ4v) is 2.58. The Morgan fingerprint density at radius 3 is 2.90 bits per heavy atom. The molecule has 1 amide bonds. The predicted molar refractivity (Wildman–Crippen MR) is 78.0 cm³/mol. The van der Waals surface area contributed by atoms with Gasteiger partial charge in [-0.3, -0.25) is 14.5 Å². The molecule has 0 unspecified atom stereocenters. The smallest absolute Gasteiger partial charge is 0.299 e. The number of carbonyl (C=O) groups is 2. The summed E-state index contributed by atoms with van der Waals surface area (Å²) in [5.41, 5.74) is 0.974. The zero-order valence-electron chi connectivity index (χ0n) is 11.3. The first-order valence-corrected chi connectivity index (χ1v) is 7.36. The van der Waals surface area contributed by atoms with Gasteiger partial charge in [0.1, 0.15) is 0 Å². The Labute approximate surface area is 129 Å². The third kappa shape index (κ3) is 2.49. The summed E-state index contributed by atoms with van der Waals surface area (Å²) in [4.78, 5) is 29.6. The first-order valence-electron chi connectivity index (χ1n) is 6.57. The van der Waals surface area contributed by atoms with Crippen molar-refractivity contribution in [1.29, 1.82) is 0 Å². The summed E-state index contributed by atoms with van der Waals surface area (Å²) in [6.07, 6.45) is 1.60. The molecular formula is C14H12BrN3O3. The molecule has 0 radical (unpaired) electrons.